The summed E-state index contributed by atoms with van der Waals surface area (Å²) in [7, 11) is 0. The zero-order chi connectivity index (χ0) is 16.0. The number of halogens is 1. The summed E-state index contributed by atoms with van der Waals surface area (Å²) in [4.78, 5) is 0. The summed E-state index contributed by atoms with van der Waals surface area (Å²) in [6, 6.07) is 11.2. The average molecular weight is 367 g/mol. The molecule has 0 fully saturated rings. The number of aryl methyl sites for hydroxylation is 1. The summed E-state index contributed by atoms with van der Waals surface area (Å²) in [6.07, 6.45) is 11.1. The maximum atomic E-state index is 3.70. The zero-order valence-corrected chi connectivity index (χ0v) is 15.5. The van der Waals surface area contributed by atoms with Gasteiger partial charge in [0, 0.05) is 4.47 Å². The van der Waals surface area contributed by atoms with Gasteiger partial charge in [-0.15, -0.1) is 0 Å². The zero-order valence-electron chi connectivity index (χ0n) is 14.0. The molecule has 2 aromatic carbocycles. The molecule has 0 heterocycles. The molecule has 0 atom stereocenters. The van der Waals surface area contributed by atoms with Gasteiger partial charge in [0.1, 0.15) is 0 Å². The average Bonchev–Trinajstić information content (AvgIpc) is 2.61. The molecule has 0 aromatic heterocycles. The lowest BCUT2D eigenvalue weighted by Gasteiger charge is -2.36. The standard InChI is InChI=1S/C22H23Br/c1-3-22(4-2)13-12-16-15(14-22)8-9-19-17-6-5-7-21(23)20(17)11-10-18(16)19/h5-7,10-13H,3-4,8-9,14H2,1-2H3. The van der Waals surface area contributed by atoms with Gasteiger partial charge in [-0.3, -0.25) is 0 Å². The minimum absolute atomic E-state index is 0.399. The van der Waals surface area contributed by atoms with E-state index in [0.717, 1.165) is 0 Å². The van der Waals surface area contributed by atoms with Crippen molar-refractivity contribution in [1.82, 2.24) is 0 Å². The van der Waals surface area contributed by atoms with E-state index in [-0.39, 0.29) is 0 Å². The van der Waals surface area contributed by atoms with Crippen molar-refractivity contribution in [1.29, 1.82) is 0 Å². The number of hydrogen-bond donors (Lipinski definition) is 0. The van der Waals surface area contributed by atoms with Crippen LogP contribution in [0.3, 0.4) is 0 Å². The monoisotopic (exact) mass is 366 g/mol. The second-order valence-electron chi connectivity index (χ2n) is 7.02. The molecule has 0 spiro atoms. The van der Waals surface area contributed by atoms with Crippen molar-refractivity contribution in [2.45, 2.75) is 46.0 Å². The third-order valence-electron chi connectivity index (χ3n) is 6.04. The first-order chi connectivity index (χ1) is 11.2. The molecule has 0 radical (unpaired) electrons. The van der Waals surface area contributed by atoms with Crippen molar-refractivity contribution in [2.75, 3.05) is 0 Å². The molecule has 0 saturated heterocycles. The second kappa shape index (κ2) is 5.63. The lowest BCUT2D eigenvalue weighted by atomic mass is 9.68. The molecule has 23 heavy (non-hydrogen) atoms. The minimum atomic E-state index is 0.399. The van der Waals surface area contributed by atoms with E-state index in [0.29, 0.717) is 5.41 Å². The first kappa shape index (κ1) is 15.2. The first-order valence-electron chi connectivity index (χ1n) is 8.79. The summed E-state index contributed by atoms with van der Waals surface area (Å²) in [6.45, 7) is 4.67. The molecule has 2 aliphatic carbocycles. The molecule has 0 unspecified atom stereocenters. The SMILES string of the molecule is CCC1(CC)C=CC2=C(CCc3c2ccc2c(Br)cccc32)C1. The highest BCUT2D eigenvalue weighted by molar-refractivity contribution is 9.10. The van der Waals surface area contributed by atoms with Crippen molar-refractivity contribution in [2.24, 2.45) is 5.41 Å². The maximum absolute atomic E-state index is 3.70. The highest BCUT2D eigenvalue weighted by Gasteiger charge is 2.31. The fourth-order valence-electron chi connectivity index (χ4n) is 4.38. The van der Waals surface area contributed by atoms with Gasteiger partial charge in [0.2, 0.25) is 0 Å². The van der Waals surface area contributed by atoms with Crippen LogP contribution in [-0.4, -0.2) is 0 Å². The van der Waals surface area contributed by atoms with Crippen LogP contribution in [0.1, 0.15) is 50.7 Å². The van der Waals surface area contributed by atoms with E-state index in [4.69, 9.17) is 0 Å². The Labute approximate surface area is 147 Å². The van der Waals surface area contributed by atoms with Gasteiger partial charge in [0.25, 0.3) is 0 Å². The summed E-state index contributed by atoms with van der Waals surface area (Å²) in [5, 5.41) is 2.76. The van der Waals surface area contributed by atoms with Crippen molar-refractivity contribution >= 4 is 32.3 Å². The van der Waals surface area contributed by atoms with Crippen molar-refractivity contribution in [3.05, 3.63) is 63.7 Å². The number of hydrogen-bond acceptors (Lipinski definition) is 0. The number of fused-ring (bicyclic) bond motifs is 4. The lowest BCUT2D eigenvalue weighted by molar-refractivity contribution is 0.342. The molecular weight excluding hydrogens is 344 g/mol. The summed E-state index contributed by atoms with van der Waals surface area (Å²) in [5.74, 6) is 0. The molecule has 118 valence electrons. The fraction of sp³-hybridized carbons (Fsp3) is 0.364. The Bertz CT molecular complexity index is 834. The highest BCUT2D eigenvalue weighted by atomic mass is 79.9. The van der Waals surface area contributed by atoms with Gasteiger partial charge in [-0.2, -0.15) is 0 Å². The van der Waals surface area contributed by atoms with E-state index in [1.165, 1.54) is 64.0 Å². The topological polar surface area (TPSA) is 0 Å². The molecular formula is C22H23Br. The Balaban J connectivity index is 1.87. The van der Waals surface area contributed by atoms with E-state index in [1.807, 2.05) is 0 Å². The van der Waals surface area contributed by atoms with Crippen LogP contribution in [0.5, 0.6) is 0 Å². The molecule has 0 N–H and O–H groups in total. The minimum Gasteiger partial charge on any atom is -0.0774 e. The van der Waals surface area contributed by atoms with E-state index >= 15 is 0 Å². The summed E-state index contributed by atoms with van der Waals surface area (Å²) >= 11 is 3.70. The van der Waals surface area contributed by atoms with Crippen LogP contribution in [0.4, 0.5) is 0 Å². The van der Waals surface area contributed by atoms with Crippen LogP contribution < -0.4 is 0 Å². The third-order valence-corrected chi connectivity index (χ3v) is 6.74. The summed E-state index contributed by atoms with van der Waals surface area (Å²) < 4.78 is 1.20. The van der Waals surface area contributed by atoms with Gasteiger partial charge in [-0.05, 0) is 71.1 Å². The Morgan fingerprint density at radius 1 is 1.00 bits per heavy atom. The second-order valence-corrected chi connectivity index (χ2v) is 7.88. The normalized spacial score (nSPS) is 18.9. The van der Waals surface area contributed by atoms with E-state index in [1.54, 1.807) is 5.57 Å². The van der Waals surface area contributed by atoms with E-state index in [9.17, 15) is 0 Å². The summed E-state index contributed by atoms with van der Waals surface area (Å²) in [5.41, 5.74) is 6.58. The first-order valence-corrected chi connectivity index (χ1v) is 9.58. The molecule has 1 heteroatoms. The molecule has 2 aliphatic rings. The molecule has 0 amide bonds. The van der Waals surface area contributed by atoms with E-state index in [2.05, 4.69) is 72.3 Å². The van der Waals surface area contributed by atoms with Gasteiger partial charge < -0.3 is 0 Å². The molecule has 0 bridgehead atoms. The largest absolute Gasteiger partial charge is 0.0774 e. The Morgan fingerprint density at radius 3 is 2.61 bits per heavy atom. The Hall–Kier alpha value is -1.34. The number of rotatable bonds is 2. The van der Waals surface area contributed by atoms with Gasteiger partial charge in [0.15, 0.2) is 0 Å². The third kappa shape index (κ3) is 2.32. The predicted molar refractivity (Wildman–Crippen MR) is 104 cm³/mol. The number of allylic oxidation sites excluding steroid dienone is 4. The lowest BCUT2D eigenvalue weighted by Crippen LogP contribution is -2.22. The van der Waals surface area contributed by atoms with Crippen LogP contribution in [0.15, 0.2) is 52.5 Å². The van der Waals surface area contributed by atoms with Crippen LogP contribution >= 0.6 is 15.9 Å². The number of benzene rings is 2. The van der Waals surface area contributed by atoms with Crippen molar-refractivity contribution in [3.8, 4) is 0 Å². The molecule has 0 saturated carbocycles. The van der Waals surface area contributed by atoms with E-state index < -0.39 is 0 Å². The maximum Gasteiger partial charge on any atom is 0.0253 e. The van der Waals surface area contributed by atoms with Crippen LogP contribution in [-0.2, 0) is 6.42 Å². The van der Waals surface area contributed by atoms with Crippen LogP contribution in [0.2, 0.25) is 0 Å². The van der Waals surface area contributed by atoms with Gasteiger partial charge in [-0.1, -0.05) is 71.8 Å². The van der Waals surface area contributed by atoms with Gasteiger partial charge in [0.05, 0.1) is 0 Å². The quantitative estimate of drug-likeness (QED) is 0.533. The van der Waals surface area contributed by atoms with Crippen molar-refractivity contribution in [3.63, 3.8) is 0 Å². The van der Waals surface area contributed by atoms with Crippen LogP contribution in [0.25, 0.3) is 16.3 Å². The highest BCUT2D eigenvalue weighted by Crippen LogP contribution is 2.47. The molecule has 0 nitrogen and oxygen atoms in total. The predicted octanol–water partition coefficient (Wildman–Crippen LogP) is 7.07. The van der Waals surface area contributed by atoms with Gasteiger partial charge >= 0.3 is 0 Å². The van der Waals surface area contributed by atoms with Crippen LogP contribution in [0, 0.1) is 5.41 Å². The molecule has 4 rings (SSSR count). The Morgan fingerprint density at radius 2 is 1.83 bits per heavy atom. The van der Waals surface area contributed by atoms with Gasteiger partial charge in [-0.25, -0.2) is 0 Å². The molecule has 2 aromatic rings. The smallest absolute Gasteiger partial charge is 0.0253 e. The fourth-order valence-corrected chi connectivity index (χ4v) is 4.87. The molecule has 0 aliphatic heterocycles. The van der Waals surface area contributed by atoms with Crippen molar-refractivity contribution < 1.29 is 0 Å². The Kier molecular flexibility index (Phi) is 3.72.